The number of anilines is 1. The second kappa shape index (κ2) is 6.26. The lowest BCUT2D eigenvalue weighted by atomic mass is 10.3. The molecule has 1 aromatic heterocycles. The molecule has 0 unspecified atom stereocenters. The smallest absolute Gasteiger partial charge is 0.171 e. The van der Waals surface area contributed by atoms with E-state index >= 15 is 0 Å². The Morgan fingerprint density at radius 3 is 2.89 bits per heavy atom. The number of hydrogen-bond acceptors (Lipinski definition) is 2. The molecule has 0 radical (unpaired) electrons. The highest BCUT2D eigenvalue weighted by Gasteiger charge is 2.03. The van der Waals surface area contributed by atoms with Gasteiger partial charge in [-0.2, -0.15) is 0 Å². The van der Waals surface area contributed by atoms with Crippen molar-refractivity contribution in [2.24, 2.45) is 0 Å². The quantitative estimate of drug-likeness (QED) is 0.818. The highest BCUT2D eigenvalue weighted by Crippen LogP contribution is 2.22. The summed E-state index contributed by atoms with van der Waals surface area (Å²) in [6.07, 6.45) is 0. The van der Waals surface area contributed by atoms with Crippen LogP contribution < -0.4 is 10.6 Å². The highest BCUT2D eigenvalue weighted by atomic mass is 79.9. The molecule has 1 heterocycles. The molecule has 2 aromatic rings. The van der Waals surface area contributed by atoms with Crippen LogP contribution in [0, 0.1) is 5.82 Å². The van der Waals surface area contributed by atoms with Gasteiger partial charge in [-0.1, -0.05) is 6.07 Å². The van der Waals surface area contributed by atoms with Gasteiger partial charge in [0, 0.05) is 9.35 Å². The lowest BCUT2D eigenvalue weighted by molar-refractivity contribution is 0.627. The van der Waals surface area contributed by atoms with Gasteiger partial charge < -0.3 is 10.6 Å². The van der Waals surface area contributed by atoms with Gasteiger partial charge in [-0.3, -0.25) is 0 Å². The molecular formula is C12H10BrFN2S2. The minimum Gasteiger partial charge on any atom is -0.358 e. The number of hydrogen-bond donors (Lipinski definition) is 2. The fourth-order valence-electron chi connectivity index (χ4n) is 1.34. The molecule has 2 N–H and O–H groups in total. The summed E-state index contributed by atoms with van der Waals surface area (Å²) in [5, 5.41) is 8.63. The summed E-state index contributed by atoms with van der Waals surface area (Å²) in [5.41, 5.74) is 0.736. The molecule has 0 amide bonds. The van der Waals surface area contributed by atoms with Crippen molar-refractivity contribution >= 4 is 50.3 Å². The predicted molar refractivity (Wildman–Crippen MR) is 81.5 cm³/mol. The van der Waals surface area contributed by atoms with Crippen LogP contribution in [0.4, 0.5) is 10.1 Å². The van der Waals surface area contributed by atoms with E-state index in [1.807, 2.05) is 17.5 Å². The normalized spacial score (nSPS) is 10.1. The van der Waals surface area contributed by atoms with Crippen LogP contribution >= 0.6 is 39.5 Å². The zero-order valence-electron chi connectivity index (χ0n) is 9.24. The Bertz CT molecular complexity index is 543. The molecule has 0 aliphatic carbocycles. The van der Waals surface area contributed by atoms with E-state index in [1.165, 1.54) is 17.0 Å². The average Bonchev–Trinajstić information content (AvgIpc) is 2.83. The second-order valence-electron chi connectivity index (χ2n) is 3.51. The molecule has 0 bridgehead atoms. The van der Waals surface area contributed by atoms with E-state index in [2.05, 4.69) is 26.6 Å². The van der Waals surface area contributed by atoms with Gasteiger partial charge in [-0.15, -0.1) is 11.3 Å². The molecule has 94 valence electrons. The third kappa shape index (κ3) is 3.76. The first-order valence-corrected chi connectivity index (χ1v) is 7.25. The van der Waals surface area contributed by atoms with Gasteiger partial charge in [0.15, 0.2) is 5.11 Å². The fourth-order valence-corrected chi connectivity index (χ4v) is 2.61. The molecule has 0 atom stereocenters. The van der Waals surface area contributed by atoms with Crippen LogP contribution in [0.2, 0.25) is 0 Å². The Balaban J connectivity index is 1.91. The van der Waals surface area contributed by atoms with Crippen LogP contribution in [-0.2, 0) is 6.54 Å². The van der Waals surface area contributed by atoms with Crippen molar-refractivity contribution in [1.29, 1.82) is 0 Å². The Morgan fingerprint density at radius 1 is 1.39 bits per heavy atom. The topological polar surface area (TPSA) is 24.1 Å². The van der Waals surface area contributed by atoms with Gasteiger partial charge in [-0.05, 0) is 57.8 Å². The Morgan fingerprint density at radius 2 is 2.22 bits per heavy atom. The van der Waals surface area contributed by atoms with Gasteiger partial charge in [-0.25, -0.2) is 4.39 Å². The van der Waals surface area contributed by atoms with Crippen LogP contribution in [0.15, 0.2) is 40.2 Å². The molecule has 2 nitrogen and oxygen atoms in total. The van der Waals surface area contributed by atoms with Crippen molar-refractivity contribution in [1.82, 2.24) is 5.32 Å². The zero-order valence-corrected chi connectivity index (χ0v) is 12.5. The SMILES string of the molecule is Fc1ccc(NC(=S)NCc2cccs2)c(Br)c1. The van der Waals surface area contributed by atoms with Gasteiger partial charge >= 0.3 is 0 Å². The van der Waals surface area contributed by atoms with Crippen molar-refractivity contribution in [3.63, 3.8) is 0 Å². The van der Waals surface area contributed by atoms with Crippen LogP contribution in [0.1, 0.15) is 4.88 Å². The number of thiocarbonyl (C=S) groups is 1. The summed E-state index contributed by atoms with van der Waals surface area (Å²) >= 11 is 10.1. The Kier molecular flexibility index (Phi) is 4.68. The highest BCUT2D eigenvalue weighted by molar-refractivity contribution is 9.10. The molecule has 6 heteroatoms. The van der Waals surface area contributed by atoms with Gasteiger partial charge in [0.2, 0.25) is 0 Å². The number of thiophene rings is 1. The van der Waals surface area contributed by atoms with Crippen LogP contribution in [0.3, 0.4) is 0 Å². The van der Waals surface area contributed by atoms with Gasteiger partial charge in [0.1, 0.15) is 5.82 Å². The molecule has 2 rings (SSSR count). The zero-order chi connectivity index (χ0) is 13.0. The first-order valence-electron chi connectivity index (χ1n) is 5.17. The van der Waals surface area contributed by atoms with E-state index < -0.39 is 0 Å². The van der Waals surface area contributed by atoms with E-state index in [4.69, 9.17) is 12.2 Å². The van der Waals surface area contributed by atoms with Crippen molar-refractivity contribution in [3.05, 3.63) is 50.9 Å². The summed E-state index contributed by atoms with van der Waals surface area (Å²) in [7, 11) is 0. The van der Waals surface area contributed by atoms with Crippen molar-refractivity contribution in [3.8, 4) is 0 Å². The summed E-state index contributed by atoms with van der Waals surface area (Å²) < 4.78 is 13.6. The fraction of sp³-hybridized carbons (Fsp3) is 0.0833. The van der Waals surface area contributed by atoms with Crippen LogP contribution in [0.5, 0.6) is 0 Å². The predicted octanol–water partition coefficient (Wildman–Crippen LogP) is 4.14. The standard InChI is InChI=1S/C12H10BrFN2S2/c13-10-6-8(14)3-4-11(10)16-12(17)15-7-9-2-1-5-18-9/h1-6H,7H2,(H2,15,16,17). The third-order valence-electron chi connectivity index (χ3n) is 2.18. The molecule has 0 fully saturated rings. The lowest BCUT2D eigenvalue weighted by Gasteiger charge is -2.11. The van der Waals surface area contributed by atoms with Crippen LogP contribution in [0.25, 0.3) is 0 Å². The first-order chi connectivity index (χ1) is 8.65. The minimum atomic E-state index is -0.287. The number of nitrogens with one attached hydrogen (secondary N) is 2. The van der Waals surface area contributed by atoms with Gasteiger partial charge in [0.25, 0.3) is 0 Å². The number of rotatable bonds is 3. The summed E-state index contributed by atoms with van der Waals surface area (Å²) in [4.78, 5) is 1.21. The monoisotopic (exact) mass is 344 g/mol. The Labute approximate surface area is 122 Å². The third-order valence-corrected chi connectivity index (χ3v) is 3.96. The maximum absolute atomic E-state index is 12.9. The van der Waals surface area contributed by atoms with Gasteiger partial charge in [0.05, 0.1) is 12.2 Å². The molecule has 0 spiro atoms. The maximum Gasteiger partial charge on any atom is 0.171 e. The van der Waals surface area contributed by atoms with E-state index in [9.17, 15) is 4.39 Å². The summed E-state index contributed by atoms with van der Waals surface area (Å²) in [5.74, 6) is -0.287. The average molecular weight is 345 g/mol. The summed E-state index contributed by atoms with van der Waals surface area (Å²) in [6.45, 7) is 0.683. The maximum atomic E-state index is 12.9. The molecule has 0 saturated heterocycles. The minimum absolute atomic E-state index is 0.287. The molecule has 0 saturated carbocycles. The number of halogens is 2. The molecule has 0 aliphatic heterocycles. The molecule has 1 aromatic carbocycles. The largest absolute Gasteiger partial charge is 0.358 e. The summed E-state index contributed by atoms with van der Waals surface area (Å²) in [6, 6.07) is 8.44. The molecule has 0 aliphatic rings. The second-order valence-corrected chi connectivity index (χ2v) is 5.81. The van der Waals surface area contributed by atoms with Crippen molar-refractivity contribution < 1.29 is 4.39 Å². The van der Waals surface area contributed by atoms with Crippen LogP contribution in [-0.4, -0.2) is 5.11 Å². The van der Waals surface area contributed by atoms with E-state index in [0.29, 0.717) is 16.1 Å². The van der Waals surface area contributed by atoms with Crippen molar-refractivity contribution in [2.45, 2.75) is 6.54 Å². The molecule has 18 heavy (non-hydrogen) atoms. The number of benzene rings is 1. The molecular weight excluding hydrogens is 335 g/mol. The van der Waals surface area contributed by atoms with Crippen molar-refractivity contribution in [2.75, 3.05) is 5.32 Å². The van der Waals surface area contributed by atoms with E-state index in [1.54, 1.807) is 17.4 Å². The first kappa shape index (κ1) is 13.5. The Hall–Kier alpha value is -0.980. The van der Waals surface area contributed by atoms with E-state index in [-0.39, 0.29) is 5.82 Å². The lowest BCUT2D eigenvalue weighted by Crippen LogP contribution is -2.27. The van der Waals surface area contributed by atoms with E-state index in [0.717, 1.165) is 5.69 Å².